The zero-order chi connectivity index (χ0) is 27.9. The fraction of sp³-hybridized carbons (Fsp3) is 0.533. The lowest BCUT2D eigenvalue weighted by Gasteiger charge is -2.38. The average molecular weight is 563 g/mol. The minimum absolute atomic E-state index is 0.152. The van der Waals surface area contributed by atoms with Crippen molar-refractivity contribution in [3.05, 3.63) is 36.2 Å². The predicted octanol–water partition coefficient (Wildman–Crippen LogP) is 3.99. The Morgan fingerprint density at radius 2 is 1.85 bits per heavy atom. The number of fused-ring (bicyclic) bond motifs is 2. The number of thioether (sulfide) groups is 1. The number of aliphatic hydroxyl groups is 1. The number of ether oxygens (including phenoxy) is 1. The number of carbonyl (C=O) groups excluding carboxylic acids is 1. The van der Waals surface area contributed by atoms with E-state index in [0.717, 1.165) is 79.8 Å². The monoisotopic (exact) mass is 562 g/mol. The number of piperidine rings is 1. The molecule has 3 aliphatic rings. The van der Waals surface area contributed by atoms with Crippen LogP contribution in [0, 0.1) is 5.92 Å². The highest BCUT2D eigenvalue weighted by Crippen LogP contribution is 2.44. The minimum Gasteiger partial charge on any atom is -0.390 e. The summed E-state index contributed by atoms with van der Waals surface area (Å²) >= 11 is 1.91. The molecule has 1 atom stereocenters. The number of rotatable bonds is 6. The van der Waals surface area contributed by atoms with Crippen molar-refractivity contribution in [1.82, 2.24) is 19.9 Å². The number of anilines is 2. The number of nitrogens with one attached hydrogen (secondary N) is 1. The number of amides is 1. The van der Waals surface area contributed by atoms with Gasteiger partial charge in [0, 0.05) is 55.4 Å². The molecule has 0 spiro atoms. The maximum atomic E-state index is 11.8. The maximum Gasteiger partial charge on any atom is 0.222 e. The third kappa shape index (κ3) is 5.68. The summed E-state index contributed by atoms with van der Waals surface area (Å²) in [7, 11) is 0. The lowest BCUT2D eigenvalue weighted by molar-refractivity contribution is -0.114. The molecule has 2 fully saturated rings. The van der Waals surface area contributed by atoms with E-state index in [1.165, 1.54) is 11.8 Å². The SMILES string of the molecule is CC(=O)Nc1ncc(-c2nc3c(c(N4CCOCC4)n2)SC(CN2CCC(C(C)(C)O)CC2)C3)c2ccccc12. The van der Waals surface area contributed by atoms with Crippen LogP contribution in [0.1, 0.15) is 39.3 Å². The van der Waals surface area contributed by atoms with Crippen LogP contribution in [-0.4, -0.2) is 87.7 Å². The first-order chi connectivity index (χ1) is 19.3. The van der Waals surface area contributed by atoms with Gasteiger partial charge in [-0.3, -0.25) is 4.79 Å². The summed E-state index contributed by atoms with van der Waals surface area (Å²) in [4.78, 5) is 32.8. The molecule has 40 heavy (non-hydrogen) atoms. The van der Waals surface area contributed by atoms with Gasteiger partial charge in [0.05, 0.1) is 29.4 Å². The lowest BCUT2D eigenvalue weighted by atomic mass is 9.83. The van der Waals surface area contributed by atoms with Gasteiger partial charge >= 0.3 is 0 Å². The molecule has 0 bridgehead atoms. The molecule has 3 aliphatic heterocycles. The number of pyridine rings is 1. The van der Waals surface area contributed by atoms with Crippen LogP contribution >= 0.6 is 11.8 Å². The molecule has 9 nitrogen and oxygen atoms in total. The molecule has 5 heterocycles. The molecule has 10 heteroatoms. The van der Waals surface area contributed by atoms with Crippen LogP contribution in [0.4, 0.5) is 11.6 Å². The van der Waals surface area contributed by atoms with Crippen molar-refractivity contribution in [2.75, 3.05) is 56.2 Å². The van der Waals surface area contributed by atoms with Crippen LogP contribution in [0.2, 0.25) is 0 Å². The number of nitrogens with zero attached hydrogens (tertiary/aromatic N) is 5. The smallest absolute Gasteiger partial charge is 0.222 e. The first-order valence-electron chi connectivity index (χ1n) is 14.3. The van der Waals surface area contributed by atoms with E-state index < -0.39 is 5.60 Å². The molecule has 3 aromatic rings. The molecule has 0 aliphatic carbocycles. The highest BCUT2D eigenvalue weighted by molar-refractivity contribution is 8.00. The first kappa shape index (κ1) is 27.4. The Hall–Kier alpha value is -2.79. The topological polar surface area (TPSA) is 104 Å². The van der Waals surface area contributed by atoms with E-state index in [2.05, 4.69) is 20.1 Å². The lowest BCUT2D eigenvalue weighted by Crippen LogP contribution is -2.43. The molecule has 2 N–H and O–H groups in total. The van der Waals surface area contributed by atoms with E-state index in [9.17, 15) is 9.90 Å². The average Bonchev–Trinajstić information content (AvgIpc) is 3.35. The van der Waals surface area contributed by atoms with Crippen molar-refractivity contribution in [3.63, 3.8) is 0 Å². The second-order valence-electron chi connectivity index (χ2n) is 11.7. The molecule has 2 saturated heterocycles. The van der Waals surface area contributed by atoms with Gasteiger partial charge in [0.1, 0.15) is 11.6 Å². The van der Waals surface area contributed by atoms with Crippen molar-refractivity contribution in [2.24, 2.45) is 5.92 Å². The largest absolute Gasteiger partial charge is 0.390 e. The molecule has 2 aromatic heterocycles. The van der Waals surface area contributed by atoms with Gasteiger partial charge in [-0.05, 0) is 51.1 Å². The summed E-state index contributed by atoms with van der Waals surface area (Å²) in [5, 5.41) is 15.5. The molecular formula is C30H38N6O3S. The molecule has 0 saturated carbocycles. The van der Waals surface area contributed by atoms with E-state index in [0.29, 0.717) is 36.0 Å². The van der Waals surface area contributed by atoms with Crippen molar-refractivity contribution >= 4 is 40.1 Å². The number of hydrogen-bond acceptors (Lipinski definition) is 9. The normalized spacial score (nSPS) is 20.6. The fourth-order valence-corrected chi connectivity index (χ4v) is 7.53. The first-order valence-corrected chi connectivity index (χ1v) is 15.1. The Labute approximate surface area is 239 Å². The molecule has 0 radical (unpaired) electrons. The summed E-state index contributed by atoms with van der Waals surface area (Å²) in [5.74, 6) is 2.42. The van der Waals surface area contributed by atoms with Gasteiger partial charge in [-0.25, -0.2) is 15.0 Å². The highest BCUT2D eigenvalue weighted by Gasteiger charge is 2.35. The molecule has 1 aromatic carbocycles. The Morgan fingerprint density at radius 3 is 2.55 bits per heavy atom. The molecule has 6 rings (SSSR count). The Kier molecular flexibility index (Phi) is 7.69. The van der Waals surface area contributed by atoms with Gasteiger partial charge in [0.2, 0.25) is 5.91 Å². The van der Waals surface area contributed by atoms with Gasteiger partial charge in [-0.1, -0.05) is 24.3 Å². The Bertz CT molecular complexity index is 1400. The van der Waals surface area contributed by atoms with E-state index >= 15 is 0 Å². The van der Waals surface area contributed by atoms with Gasteiger partial charge in [0.25, 0.3) is 0 Å². The summed E-state index contributed by atoms with van der Waals surface area (Å²) in [5.41, 5.74) is 1.36. The van der Waals surface area contributed by atoms with Gasteiger partial charge < -0.3 is 25.0 Å². The summed E-state index contributed by atoms with van der Waals surface area (Å²) in [6.45, 7) is 11.4. The third-order valence-corrected chi connectivity index (χ3v) is 9.62. The summed E-state index contributed by atoms with van der Waals surface area (Å²) in [6.07, 6.45) is 4.75. The van der Waals surface area contributed by atoms with Crippen LogP contribution < -0.4 is 10.2 Å². The summed E-state index contributed by atoms with van der Waals surface area (Å²) < 4.78 is 5.65. The highest BCUT2D eigenvalue weighted by atomic mass is 32.2. The third-order valence-electron chi connectivity index (χ3n) is 8.31. The van der Waals surface area contributed by atoms with Crippen molar-refractivity contribution in [2.45, 2.75) is 55.8 Å². The second kappa shape index (κ2) is 11.2. The van der Waals surface area contributed by atoms with Crippen LogP contribution in [-0.2, 0) is 16.0 Å². The summed E-state index contributed by atoms with van der Waals surface area (Å²) in [6, 6.07) is 7.96. The van der Waals surface area contributed by atoms with Crippen LogP contribution in [0.25, 0.3) is 22.2 Å². The zero-order valence-corrected chi connectivity index (χ0v) is 24.3. The van der Waals surface area contributed by atoms with E-state index in [1.807, 2.05) is 49.9 Å². The number of aromatic nitrogens is 3. The molecule has 1 unspecified atom stereocenters. The van der Waals surface area contributed by atoms with Gasteiger partial charge in [0.15, 0.2) is 5.82 Å². The standard InChI is InChI=1S/C30H38N6O3S/c1-19(37)32-27-23-7-5-4-6-22(23)24(17-31-27)28-33-25-16-21(18-35-10-8-20(9-11-35)30(2,3)38)40-26(25)29(34-28)36-12-14-39-15-13-36/h4-7,17,20-21,38H,8-16,18H2,1-3H3,(H,31,32,37). The number of morpholine rings is 1. The Morgan fingerprint density at radius 1 is 1.12 bits per heavy atom. The molecular weight excluding hydrogens is 524 g/mol. The predicted molar refractivity (Wildman–Crippen MR) is 159 cm³/mol. The Balaban J connectivity index is 1.31. The fourth-order valence-electron chi connectivity index (χ4n) is 6.13. The van der Waals surface area contributed by atoms with E-state index in [1.54, 1.807) is 6.20 Å². The zero-order valence-electron chi connectivity index (χ0n) is 23.5. The van der Waals surface area contributed by atoms with Crippen LogP contribution in [0.5, 0.6) is 0 Å². The minimum atomic E-state index is -0.608. The number of likely N-dealkylation sites (tertiary alicyclic amines) is 1. The van der Waals surface area contributed by atoms with Gasteiger partial charge in [-0.15, -0.1) is 11.8 Å². The molecule has 212 valence electrons. The maximum absolute atomic E-state index is 11.8. The number of benzene rings is 1. The van der Waals surface area contributed by atoms with E-state index in [4.69, 9.17) is 14.7 Å². The van der Waals surface area contributed by atoms with Gasteiger partial charge in [-0.2, -0.15) is 0 Å². The van der Waals surface area contributed by atoms with Crippen molar-refractivity contribution in [1.29, 1.82) is 0 Å². The quantitative estimate of drug-likeness (QED) is 0.462. The van der Waals surface area contributed by atoms with Crippen molar-refractivity contribution < 1.29 is 14.6 Å². The second-order valence-corrected chi connectivity index (χ2v) is 13.0. The number of hydrogen-bond donors (Lipinski definition) is 2. The van der Waals surface area contributed by atoms with Crippen LogP contribution in [0.15, 0.2) is 35.4 Å². The van der Waals surface area contributed by atoms with Crippen LogP contribution in [0.3, 0.4) is 0 Å². The van der Waals surface area contributed by atoms with Crippen molar-refractivity contribution in [3.8, 4) is 11.4 Å². The van der Waals surface area contributed by atoms with E-state index in [-0.39, 0.29) is 5.91 Å². The number of carbonyl (C=O) groups is 1. The molecule has 1 amide bonds.